The molecule has 8 rings (SSSR count). The number of hydrogen-bond donors (Lipinski definition) is 7. The van der Waals surface area contributed by atoms with Crippen LogP contribution in [0.1, 0.15) is 115 Å². The van der Waals surface area contributed by atoms with Crippen molar-refractivity contribution in [2.24, 2.45) is 0 Å². The zero-order chi connectivity index (χ0) is 52.7. The van der Waals surface area contributed by atoms with Gasteiger partial charge in [0.15, 0.2) is 4.73 Å². The van der Waals surface area contributed by atoms with E-state index in [1.54, 1.807) is 69.0 Å². The monoisotopic (exact) mass is 1150 g/mol. The number of aromatic amines is 1. The molecule has 0 aliphatic heterocycles. The maximum absolute atomic E-state index is 13.0. The largest absolute Gasteiger partial charge is 0.447 e. The molecule has 0 unspecified atom stereocenters. The lowest BCUT2D eigenvalue weighted by atomic mass is 9.86. The van der Waals surface area contributed by atoms with E-state index in [4.69, 9.17) is 19.6 Å². The number of rotatable bonds is 16. The van der Waals surface area contributed by atoms with Crippen LogP contribution in [0.2, 0.25) is 0 Å². The number of anilines is 3. The molecule has 25 heteroatoms. The Morgan fingerprint density at radius 2 is 1.22 bits per heavy atom. The molecule has 6 aromatic rings. The van der Waals surface area contributed by atoms with Crippen molar-refractivity contribution in [2.45, 2.75) is 139 Å². The first-order valence-electron chi connectivity index (χ1n) is 24.0. The molecule has 0 saturated heterocycles. The van der Waals surface area contributed by atoms with E-state index in [9.17, 15) is 26.4 Å². The van der Waals surface area contributed by atoms with Crippen LogP contribution in [0, 0.1) is 0 Å². The third kappa shape index (κ3) is 16.8. The smallest absolute Gasteiger partial charge is 0.407 e. The molecular weight excluding hydrogens is 1080 g/mol. The van der Waals surface area contributed by atoms with Crippen molar-refractivity contribution >= 4 is 88.2 Å². The minimum Gasteiger partial charge on any atom is -0.447 e. The molecule has 4 heterocycles. The lowest BCUT2D eigenvalue weighted by Gasteiger charge is -2.28. The zero-order valence-electron chi connectivity index (χ0n) is 41.5. The minimum absolute atomic E-state index is 0.0903. The summed E-state index contributed by atoms with van der Waals surface area (Å²) in [6, 6.07) is 10.5. The highest BCUT2D eigenvalue weighted by molar-refractivity contribution is 9.10. The Labute approximate surface area is 443 Å². The van der Waals surface area contributed by atoms with Gasteiger partial charge in [-0.3, -0.25) is 0 Å². The molecule has 2 fully saturated rings. The van der Waals surface area contributed by atoms with Crippen LogP contribution in [-0.2, 0) is 29.5 Å². The van der Waals surface area contributed by atoms with Gasteiger partial charge in [-0.15, -0.1) is 22.7 Å². The van der Waals surface area contributed by atoms with Crippen LogP contribution >= 0.6 is 38.6 Å². The molecule has 2 amide bonds. The molecule has 0 spiro atoms. The number of nitrogen functional groups attached to an aromatic ring is 1. The average molecular weight is 1150 g/mol. The first kappa shape index (κ1) is 56.8. The first-order valence-corrected chi connectivity index (χ1v) is 29.4. The summed E-state index contributed by atoms with van der Waals surface area (Å²) in [4.78, 5) is 45.5. The van der Waals surface area contributed by atoms with Gasteiger partial charge in [-0.1, -0.05) is 26.0 Å². The van der Waals surface area contributed by atoms with Gasteiger partial charge in [0.05, 0.1) is 48.0 Å². The van der Waals surface area contributed by atoms with Crippen molar-refractivity contribution in [3.63, 3.8) is 0 Å². The molecular formula is C48H64BrN11O9S4. The molecule has 8 N–H and O–H groups in total. The van der Waals surface area contributed by atoms with Crippen molar-refractivity contribution in [1.82, 2.24) is 45.0 Å². The summed E-state index contributed by atoms with van der Waals surface area (Å²) < 4.78 is 72.8. The third-order valence-corrected chi connectivity index (χ3v) is 17.4. The predicted octanol–water partition coefficient (Wildman–Crippen LogP) is 10.0. The number of benzene rings is 2. The van der Waals surface area contributed by atoms with Gasteiger partial charge >= 0.3 is 12.2 Å². The van der Waals surface area contributed by atoms with Crippen LogP contribution in [-0.4, -0.2) is 91.3 Å². The number of nitrogens with zero attached hydrogens (tertiary/aromatic N) is 4. The summed E-state index contributed by atoms with van der Waals surface area (Å²) in [6.07, 6.45) is 15.8. The second kappa shape index (κ2) is 26.7. The van der Waals surface area contributed by atoms with E-state index in [1.807, 2.05) is 27.7 Å². The molecule has 2 aromatic carbocycles. The minimum atomic E-state index is -3.75. The molecule has 2 aliphatic rings. The van der Waals surface area contributed by atoms with Gasteiger partial charge < -0.3 is 40.6 Å². The Balaban J connectivity index is 0.000000215. The molecule has 0 radical (unpaired) electrons. The predicted molar refractivity (Wildman–Crippen MR) is 287 cm³/mol. The number of H-pyrrole nitrogens is 1. The van der Waals surface area contributed by atoms with Crippen molar-refractivity contribution in [1.29, 1.82) is 0 Å². The fraction of sp³-hybridized carbons (Fsp3) is 0.458. The lowest BCUT2D eigenvalue weighted by Crippen LogP contribution is -2.38. The van der Waals surface area contributed by atoms with Gasteiger partial charge in [0, 0.05) is 84.3 Å². The highest BCUT2D eigenvalue weighted by Gasteiger charge is 2.29. The summed E-state index contributed by atoms with van der Waals surface area (Å²) in [5, 5.41) is 10.8. The van der Waals surface area contributed by atoms with E-state index < -0.39 is 20.0 Å². The first-order chi connectivity index (χ1) is 34.8. The van der Waals surface area contributed by atoms with E-state index in [0.717, 1.165) is 75.9 Å². The summed E-state index contributed by atoms with van der Waals surface area (Å²) >= 11 is 6.14. The maximum atomic E-state index is 13.0. The topological polar surface area (TPSA) is 288 Å². The number of halogens is 1. The van der Waals surface area contributed by atoms with Crippen LogP contribution in [0.3, 0.4) is 0 Å². The van der Waals surface area contributed by atoms with Crippen LogP contribution < -0.4 is 31.1 Å². The van der Waals surface area contributed by atoms with Crippen molar-refractivity contribution < 1.29 is 40.3 Å². The SMILES string of the molecule is Brc1ncc[nH]1.CCNS(=O)(=O)c1cc(N)ccc1-c1cnc(C2CCC(NC(=O)OC(C)C)CC2)s1.CCNS(=O)(=O)c1cc(Nc2ncco2)ccc1-c1cnc(C2CCC(NC(=O)OC(C)C)CC2)s1. The Morgan fingerprint density at radius 3 is 1.63 bits per heavy atom. The Morgan fingerprint density at radius 1 is 0.726 bits per heavy atom. The van der Waals surface area contributed by atoms with Crippen LogP contribution in [0.5, 0.6) is 0 Å². The number of hydrogen-bond acceptors (Lipinski definition) is 17. The van der Waals surface area contributed by atoms with E-state index in [1.165, 1.54) is 41.2 Å². The second-order valence-electron chi connectivity index (χ2n) is 17.7. The van der Waals surface area contributed by atoms with Gasteiger partial charge in [0.25, 0.3) is 6.01 Å². The van der Waals surface area contributed by atoms with Crippen molar-refractivity contribution in [3.8, 4) is 20.9 Å². The van der Waals surface area contributed by atoms with E-state index in [0.29, 0.717) is 35.0 Å². The lowest BCUT2D eigenvalue weighted by molar-refractivity contribution is 0.108. The molecule has 2 saturated carbocycles. The molecule has 0 atom stereocenters. The Kier molecular flexibility index (Phi) is 20.8. The number of nitrogens with one attached hydrogen (secondary N) is 6. The number of alkyl carbamates (subject to hydrolysis) is 2. The zero-order valence-corrected chi connectivity index (χ0v) is 46.4. The number of amides is 2. The standard InChI is InChI=1S/C24H31N5O5S2.C21H30N4O4S2.C3H3BrN2/c1-4-27-36(31,32)21-13-18(28-23-25-11-12-33-23)9-10-19(21)20-14-26-22(35-20)16-5-7-17(8-6-16)29-24(30)34-15(2)3;1-4-24-31(27,28)19-11-15(22)7-10-17(19)18-12-23-20(30-18)14-5-8-16(9-6-14)25-21(26)29-13(2)3;4-3-5-1-2-6-3/h9-17,27H,4-8H2,1-3H3,(H,25,28)(H,29,30);7,10-14,16,24H,4-6,8-9,22H2,1-3H3,(H,25,26);1-2H,(H,5,6). The Bertz CT molecular complexity index is 2920. The fourth-order valence-electron chi connectivity index (χ4n) is 8.18. The van der Waals surface area contributed by atoms with E-state index in [2.05, 4.69) is 66.2 Å². The number of aromatic nitrogens is 5. The number of oxazole rings is 1. The number of imidazole rings is 1. The summed E-state index contributed by atoms with van der Waals surface area (Å²) in [5.41, 5.74) is 7.98. The number of thiazole rings is 2. The van der Waals surface area contributed by atoms with Crippen LogP contribution in [0.15, 0.2) is 92.6 Å². The molecule has 2 aliphatic carbocycles. The summed E-state index contributed by atoms with van der Waals surface area (Å²) in [6.45, 7) is 11.4. The quantitative estimate of drug-likeness (QED) is 0.0444. The highest BCUT2D eigenvalue weighted by atomic mass is 79.9. The van der Waals surface area contributed by atoms with E-state index >= 15 is 0 Å². The third-order valence-electron chi connectivity index (χ3n) is 11.4. The van der Waals surface area contributed by atoms with Gasteiger partial charge in [0.2, 0.25) is 20.0 Å². The van der Waals surface area contributed by atoms with Crippen LogP contribution in [0.4, 0.5) is 27.0 Å². The molecule has 0 bridgehead atoms. The van der Waals surface area contributed by atoms with Gasteiger partial charge in [-0.2, -0.15) is 0 Å². The normalized spacial score (nSPS) is 17.9. The van der Waals surface area contributed by atoms with Crippen molar-refractivity contribution in [3.05, 3.63) is 88.4 Å². The van der Waals surface area contributed by atoms with Crippen molar-refractivity contribution in [2.75, 3.05) is 24.1 Å². The molecule has 73 heavy (non-hydrogen) atoms. The van der Waals surface area contributed by atoms with Gasteiger partial charge in [-0.05, 0) is 119 Å². The van der Waals surface area contributed by atoms with Gasteiger partial charge in [0.1, 0.15) is 6.26 Å². The Hall–Kier alpha value is -5.44. The summed E-state index contributed by atoms with van der Waals surface area (Å²) in [5.74, 6) is 0.559. The van der Waals surface area contributed by atoms with Gasteiger partial charge in [-0.25, -0.2) is 55.8 Å². The maximum Gasteiger partial charge on any atom is 0.407 e. The fourth-order valence-corrected chi connectivity index (χ4v) is 13.4. The molecule has 20 nitrogen and oxygen atoms in total. The highest BCUT2D eigenvalue weighted by Crippen LogP contribution is 2.42. The number of ether oxygens (including phenoxy) is 2. The summed E-state index contributed by atoms with van der Waals surface area (Å²) in [7, 11) is -7.41. The number of nitrogens with two attached hydrogens (primary N) is 1. The van der Waals surface area contributed by atoms with Crippen LogP contribution in [0.25, 0.3) is 20.9 Å². The number of sulfonamides is 2. The number of carbonyl (C=O) groups excluding carboxylic acids is 2. The average Bonchev–Trinajstić information content (AvgIpc) is 4.20. The second-order valence-corrected chi connectivity index (χ2v) is 24.1. The molecule has 396 valence electrons. The number of carbonyl (C=O) groups is 2. The molecule has 4 aromatic heterocycles. The van der Waals surface area contributed by atoms with E-state index in [-0.39, 0.29) is 64.7 Å².